The molecule has 0 saturated heterocycles. The van der Waals surface area contributed by atoms with E-state index >= 15 is 0 Å². The molecule has 0 aromatic rings. The Morgan fingerprint density at radius 1 is 0.762 bits per heavy atom. The van der Waals surface area contributed by atoms with Gasteiger partial charge in [0.15, 0.2) is 0 Å². The van der Waals surface area contributed by atoms with Crippen LogP contribution < -0.4 is 5.32 Å². The molecule has 0 bridgehead atoms. The first-order valence-electron chi connectivity index (χ1n) is 8.71. The molecule has 0 saturated carbocycles. The van der Waals surface area contributed by atoms with Crippen LogP contribution in [0, 0.1) is 5.92 Å². The van der Waals surface area contributed by atoms with E-state index in [1.807, 2.05) is 13.8 Å². The molecule has 0 fully saturated rings. The number of nitrogens with one attached hydrogen (secondary N) is 1. The molecule has 0 aliphatic carbocycles. The fourth-order valence-corrected chi connectivity index (χ4v) is 1.53. The maximum Gasteiger partial charge on any atom is 0.0701 e. The van der Waals surface area contributed by atoms with E-state index in [9.17, 15) is 0 Å². The molecule has 0 spiro atoms. The normalized spacial score (nSPS) is 10.6. The summed E-state index contributed by atoms with van der Waals surface area (Å²) in [7, 11) is 0. The van der Waals surface area contributed by atoms with Gasteiger partial charge in [-0.15, -0.1) is 0 Å². The molecule has 0 heterocycles. The van der Waals surface area contributed by atoms with Gasteiger partial charge >= 0.3 is 0 Å². The molecule has 0 aliphatic rings. The van der Waals surface area contributed by atoms with Crippen LogP contribution in [0.25, 0.3) is 0 Å². The average Bonchev–Trinajstić information content (AvgIpc) is 2.49. The molecule has 1 N–H and O–H groups in total. The molecule has 4 nitrogen and oxygen atoms in total. The predicted octanol–water partition coefficient (Wildman–Crippen LogP) is 3.50. The summed E-state index contributed by atoms with van der Waals surface area (Å²) in [6.45, 7) is 16.9. The molecule has 0 aromatic heterocycles. The first-order chi connectivity index (χ1) is 10.3. The number of ether oxygens (including phenoxy) is 3. The third-order valence-corrected chi connectivity index (χ3v) is 2.61. The molecule has 4 heteroatoms. The third kappa shape index (κ3) is 25.2. The highest BCUT2D eigenvalue weighted by molar-refractivity contribution is 4.49. The molecule has 130 valence electrons. The van der Waals surface area contributed by atoms with Crippen LogP contribution in [0.5, 0.6) is 0 Å². The highest BCUT2D eigenvalue weighted by atomic mass is 16.5. The predicted molar refractivity (Wildman–Crippen MR) is 91.0 cm³/mol. The average molecular weight is 306 g/mol. The highest BCUT2D eigenvalue weighted by Gasteiger charge is 1.94. The zero-order chi connectivity index (χ0) is 16.2. The van der Waals surface area contributed by atoms with Crippen LogP contribution >= 0.6 is 0 Å². The summed E-state index contributed by atoms with van der Waals surface area (Å²) < 4.78 is 16.3. The van der Waals surface area contributed by atoms with E-state index in [0.717, 1.165) is 32.7 Å². The lowest BCUT2D eigenvalue weighted by Crippen LogP contribution is -2.24. The topological polar surface area (TPSA) is 39.7 Å². The van der Waals surface area contributed by atoms with Crippen molar-refractivity contribution < 1.29 is 14.2 Å². The second kappa shape index (κ2) is 22.1. The molecule has 0 unspecified atom stereocenters. The molecule has 0 aromatic carbocycles. The molecule has 0 rings (SSSR count). The lowest BCUT2D eigenvalue weighted by atomic mass is 10.2. The van der Waals surface area contributed by atoms with E-state index in [1.54, 1.807) is 0 Å². The van der Waals surface area contributed by atoms with Gasteiger partial charge in [0.2, 0.25) is 0 Å². The monoisotopic (exact) mass is 305 g/mol. The quantitative estimate of drug-likeness (QED) is 0.470. The van der Waals surface area contributed by atoms with Gasteiger partial charge in [0.25, 0.3) is 0 Å². The summed E-state index contributed by atoms with van der Waals surface area (Å²) >= 11 is 0. The number of rotatable bonds is 15. The first kappa shape index (κ1) is 23.1. The lowest BCUT2D eigenvalue weighted by molar-refractivity contribution is 0.0144. The SMILES string of the molecule is CC.CCCCCOCCOCCOCCNCC(C)C. The van der Waals surface area contributed by atoms with E-state index in [2.05, 4.69) is 26.1 Å². The van der Waals surface area contributed by atoms with Crippen LogP contribution in [0.2, 0.25) is 0 Å². The summed E-state index contributed by atoms with van der Waals surface area (Å²) in [5, 5.41) is 3.33. The molecule has 0 atom stereocenters. The Bertz CT molecular complexity index is 166. The van der Waals surface area contributed by atoms with Gasteiger partial charge in [0.1, 0.15) is 0 Å². The summed E-state index contributed by atoms with van der Waals surface area (Å²) in [5.74, 6) is 0.695. The van der Waals surface area contributed by atoms with E-state index < -0.39 is 0 Å². The van der Waals surface area contributed by atoms with Crippen LogP contribution in [0.1, 0.15) is 53.9 Å². The second-order valence-corrected chi connectivity index (χ2v) is 5.14. The zero-order valence-electron chi connectivity index (χ0n) is 15.1. The fourth-order valence-electron chi connectivity index (χ4n) is 1.53. The van der Waals surface area contributed by atoms with Crippen LogP contribution in [0.4, 0.5) is 0 Å². The van der Waals surface area contributed by atoms with Gasteiger partial charge in [-0.3, -0.25) is 0 Å². The van der Waals surface area contributed by atoms with Crippen LogP contribution in [0.15, 0.2) is 0 Å². The molecule has 0 radical (unpaired) electrons. The fraction of sp³-hybridized carbons (Fsp3) is 1.00. The van der Waals surface area contributed by atoms with E-state index in [1.165, 1.54) is 12.8 Å². The van der Waals surface area contributed by atoms with E-state index in [4.69, 9.17) is 14.2 Å². The van der Waals surface area contributed by atoms with Gasteiger partial charge in [-0.2, -0.15) is 0 Å². The van der Waals surface area contributed by atoms with Crippen molar-refractivity contribution in [3.05, 3.63) is 0 Å². The minimum atomic E-state index is 0.655. The standard InChI is InChI=1S/C15H33NO3.C2H6/c1-4-5-6-8-17-10-12-19-13-11-18-9-7-16-14-15(2)3;1-2/h15-16H,4-14H2,1-3H3;1-2H3. The van der Waals surface area contributed by atoms with Gasteiger partial charge in [-0.05, 0) is 18.9 Å². The first-order valence-corrected chi connectivity index (χ1v) is 8.71. The molecule has 21 heavy (non-hydrogen) atoms. The highest BCUT2D eigenvalue weighted by Crippen LogP contribution is 1.93. The molecular weight excluding hydrogens is 266 g/mol. The Hall–Kier alpha value is -0.160. The lowest BCUT2D eigenvalue weighted by Gasteiger charge is -2.08. The maximum absolute atomic E-state index is 5.45. The van der Waals surface area contributed by atoms with E-state index in [-0.39, 0.29) is 0 Å². The molecular formula is C17H39NO3. The van der Waals surface area contributed by atoms with Gasteiger partial charge in [-0.25, -0.2) is 0 Å². The van der Waals surface area contributed by atoms with Crippen LogP contribution in [-0.4, -0.2) is 52.7 Å². The Kier molecular flexibility index (Phi) is 24.4. The van der Waals surface area contributed by atoms with Crippen molar-refractivity contribution in [3.8, 4) is 0 Å². The second-order valence-electron chi connectivity index (χ2n) is 5.14. The van der Waals surface area contributed by atoms with Crippen LogP contribution in [0.3, 0.4) is 0 Å². The summed E-state index contributed by atoms with van der Waals surface area (Å²) in [5.41, 5.74) is 0. The van der Waals surface area contributed by atoms with Gasteiger partial charge in [0.05, 0.1) is 33.0 Å². The van der Waals surface area contributed by atoms with E-state index in [0.29, 0.717) is 32.3 Å². The number of hydrogen-bond acceptors (Lipinski definition) is 4. The molecule has 0 amide bonds. The Morgan fingerprint density at radius 2 is 1.29 bits per heavy atom. The zero-order valence-corrected chi connectivity index (χ0v) is 15.1. The van der Waals surface area contributed by atoms with Crippen molar-refractivity contribution in [1.29, 1.82) is 0 Å². The largest absolute Gasteiger partial charge is 0.379 e. The van der Waals surface area contributed by atoms with Crippen molar-refractivity contribution in [2.24, 2.45) is 5.92 Å². The van der Waals surface area contributed by atoms with Gasteiger partial charge < -0.3 is 19.5 Å². The third-order valence-electron chi connectivity index (χ3n) is 2.61. The van der Waals surface area contributed by atoms with Crippen molar-refractivity contribution in [3.63, 3.8) is 0 Å². The van der Waals surface area contributed by atoms with Crippen molar-refractivity contribution in [2.45, 2.75) is 53.9 Å². The Balaban J connectivity index is 0. The smallest absolute Gasteiger partial charge is 0.0701 e. The Morgan fingerprint density at radius 3 is 1.81 bits per heavy atom. The summed E-state index contributed by atoms with van der Waals surface area (Å²) in [6.07, 6.45) is 3.64. The van der Waals surface area contributed by atoms with Crippen molar-refractivity contribution in [1.82, 2.24) is 5.32 Å². The van der Waals surface area contributed by atoms with Crippen molar-refractivity contribution in [2.75, 3.05) is 52.7 Å². The number of hydrogen-bond donors (Lipinski definition) is 1. The van der Waals surface area contributed by atoms with Crippen molar-refractivity contribution >= 4 is 0 Å². The Labute approximate surface area is 132 Å². The summed E-state index contributed by atoms with van der Waals surface area (Å²) in [4.78, 5) is 0. The minimum absolute atomic E-state index is 0.655. The molecule has 0 aliphatic heterocycles. The van der Waals surface area contributed by atoms with Gasteiger partial charge in [0, 0.05) is 13.2 Å². The maximum atomic E-state index is 5.45. The summed E-state index contributed by atoms with van der Waals surface area (Å²) in [6, 6.07) is 0. The minimum Gasteiger partial charge on any atom is -0.379 e. The number of unbranched alkanes of at least 4 members (excludes halogenated alkanes) is 2. The van der Waals surface area contributed by atoms with Crippen LogP contribution in [-0.2, 0) is 14.2 Å². The van der Waals surface area contributed by atoms with Gasteiger partial charge in [-0.1, -0.05) is 47.5 Å².